The zero-order chi connectivity index (χ0) is 11.9. The highest BCUT2D eigenvalue weighted by atomic mass is 32.2. The topological polar surface area (TPSA) is 21.3 Å². The summed E-state index contributed by atoms with van der Waals surface area (Å²) in [5.41, 5.74) is 0.198. The summed E-state index contributed by atoms with van der Waals surface area (Å²) in [5.74, 6) is 1.08. The van der Waals surface area contributed by atoms with Gasteiger partial charge >= 0.3 is 0 Å². The maximum atomic E-state index is 5.54. The SMILES string of the molecule is CC(C)(C)NCCOCCSC(C)(C)C. The average molecular weight is 233 g/mol. The lowest BCUT2D eigenvalue weighted by Gasteiger charge is -2.20. The fraction of sp³-hybridized carbons (Fsp3) is 1.00. The summed E-state index contributed by atoms with van der Waals surface area (Å²) >= 11 is 1.95. The maximum Gasteiger partial charge on any atom is 0.0591 e. The van der Waals surface area contributed by atoms with Gasteiger partial charge in [0.15, 0.2) is 0 Å². The van der Waals surface area contributed by atoms with Crippen LogP contribution in [0.25, 0.3) is 0 Å². The van der Waals surface area contributed by atoms with Crippen molar-refractivity contribution in [1.82, 2.24) is 5.32 Å². The summed E-state index contributed by atoms with van der Waals surface area (Å²) in [6.07, 6.45) is 0. The zero-order valence-electron chi connectivity index (χ0n) is 11.1. The lowest BCUT2D eigenvalue weighted by molar-refractivity contribution is 0.145. The summed E-state index contributed by atoms with van der Waals surface area (Å²) in [6.45, 7) is 15.8. The van der Waals surface area contributed by atoms with Crippen molar-refractivity contribution in [2.45, 2.75) is 51.8 Å². The highest BCUT2D eigenvalue weighted by molar-refractivity contribution is 8.00. The highest BCUT2D eigenvalue weighted by Gasteiger charge is 2.10. The zero-order valence-corrected chi connectivity index (χ0v) is 12.0. The molecule has 0 atom stereocenters. The second-order valence-electron chi connectivity index (χ2n) is 5.75. The molecule has 0 aromatic rings. The van der Waals surface area contributed by atoms with Crippen LogP contribution in [0, 0.1) is 0 Å². The van der Waals surface area contributed by atoms with Crippen molar-refractivity contribution in [1.29, 1.82) is 0 Å². The minimum Gasteiger partial charge on any atom is -0.379 e. The third kappa shape index (κ3) is 14.3. The van der Waals surface area contributed by atoms with E-state index in [4.69, 9.17) is 4.74 Å². The molecule has 0 aliphatic carbocycles. The molecule has 0 amide bonds. The average Bonchev–Trinajstić information content (AvgIpc) is 1.98. The number of rotatable bonds is 6. The van der Waals surface area contributed by atoms with Crippen molar-refractivity contribution in [3.63, 3.8) is 0 Å². The maximum absolute atomic E-state index is 5.54. The molecule has 0 aromatic heterocycles. The van der Waals surface area contributed by atoms with Gasteiger partial charge in [0.1, 0.15) is 0 Å². The van der Waals surface area contributed by atoms with E-state index in [0.717, 1.165) is 25.5 Å². The van der Waals surface area contributed by atoms with Crippen molar-refractivity contribution in [3.8, 4) is 0 Å². The Balaban J connectivity index is 3.20. The van der Waals surface area contributed by atoms with Crippen LogP contribution in [0.3, 0.4) is 0 Å². The third-order valence-corrected chi connectivity index (χ3v) is 2.90. The largest absolute Gasteiger partial charge is 0.379 e. The quantitative estimate of drug-likeness (QED) is 0.713. The molecule has 0 unspecified atom stereocenters. The van der Waals surface area contributed by atoms with E-state index in [1.807, 2.05) is 11.8 Å². The first-order valence-electron chi connectivity index (χ1n) is 5.67. The molecule has 3 heteroatoms. The normalized spacial score (nSPS) is 13.2. The van der Waals surface area contributed by atoms with Crippen LogP contribution in [0.4, 0.5) is 0 Å². The first-order chi connectivity index (χ1) is 6.71. The molecule has 0 fully saturated rings. The summed E-state index contributed by atoms with van der Waals surface area (Å²) in [6, 6.07) is 0. The fourth-order valence-electron chi connectivity index (χ4n) is 1.01. The van der Waals surface area contributed by atoms with Gasteiger partial charge in [0.05, 0.1) is 13.2 Å². The molecule has 0 heterocycles. The number of ether oxygens (including phenoxy) is 1. The molecule has 0 spiro atoms. The number of nitrogens with one attached hydrogen (secondary N) is 1. The molecule has 0 rings (SSSR count). The van der Waals surface area contributed by atoms with Crippen molar-refractivity contribution in [2.75, 3.05) is 25.5 Å². The van der Waals surface area contributed by atoms with Crippen LogP contribution in [0.1, 0.15) is 41.5 Å². The van der Waals surface area contributed by atoms with Gasteiger partial charge < -0.3 is 10.1 Å². The van der Waals surface area contributed by atoms with Gasteiger partial charge in [-0.3, -0.25) is 0 Å². The Morgan fingerprint density at radius 3 is 2.07 bits per heavy atom. The van der Waals surface area contributed by atoms with Crippen LogP contribution in [0.15, 0.2) is 0 Å². The summed E-state index contributed by atoms with van der Waals surface area (Å²) in [7, 11) is 0. The Morgan fingerprint density at radius 2 is 1.60 bits per heavy atom. The van der Waals surface area contributed by atoms with Gasteiger partial charge in [-0.2, -0.15) is 11.8 Å². The molecule has 0 bridgehead atoms. The Labute approximate surface area is 99.5 Å². The number of thioether (sulfide) groups is 1. The minimum absolute atomic E-state index is 0.198. The second-order valence-corrected chi connectivity index (χ2v) is 7.67. The van der Waals surface area contributed by atoms with E-state index >= 15 is 0 Å². The van der Waals surface area contributed by atoms with Gasteiger partial charge in [-0.05, 0) is 20.8 Å². The number of hydrogen-bond donors (Lipinski definition) is 1. The number of hydrogen-bond acceptors (Lipinski definition) is 3. The van der Waals surface area contributed by atoms with Crippen LogP contribution in [0.2, 0.25) is 0 Å². The van der Waals surface area contributed by atoms with Crippen LogP contribution >= 0.6 is 11.8 Å². The third-order valence-electron chi connectivity index (χ3n) is 1.66. The molecule has 0 saturated carbocycles. The van der Waals surface area contributed by atoms with Gasteiger partial charge in [0, 0.05) is 22.6 Å². The molecule has 92 valence electrons. The molecule has 0 aliphatic heterocycles. The highest BCUT2D eigenvalue weighted by Crippen LogP contribution is 2.22. The molecule has 0 saturated heterocycles. The molecular weight excluding hydrogens is 206 g/mol. The molecular formula is C12H27NOS. The Hall–Kier alpha value is 0.270. The first-order valence-corrected chi connectivity index (χ1v) is 6.66. The van der Waals surface area contributed by atoms with Gasteiger partial charge in [0.25, 0.3) is 0 Å². The predicted molar refractivity (Wildman–Crippen MR) is 70.8 cm³/mol. The van der Waals surface area contributed by atoms with E-state index in [2.05, 4.69) is 46.9 Å². The predicted octanol–water partition coefficient (Wildman–Crippen LogP) is 2.92. The molecule has 15 heavy (non-hydrogen) atoms. The molecule has 1 N–H and O–H groups in total. The second kappa shape index (κ2) is 6.77. The van der Waals surface area contributed by atoms with E-state index in [1.54, 1.807) is 0 Å². The standard InChI is InChI=1S/C12H27NOS/c1-11(2,3)13-7-8-14-9-10-15-12(4,5)6/h13H,7-10H2,1-6H3. The monoisotopic (exact) mass is 233 g/mol. The van der Waals surface area contributed by atoms with Gasteiger partial charge in [-0.25, -0.2) is 0 Å². The van der Waals surface area contributed by atoms with Gasteiger partial charge in [-0.1, -0.05) is 20.8 Å². The van der Waals surface area contributed by atoms with Crippen molar-refractivity contribution >= 4 is 11.8 Å². The van der Waals surface area contributed by atoms with Crippen LogP contribution in [-0.4, -0.2) is 35.8 Å². The Kier molecular flexibility index (Phi) is 6.89. The fourth-order valence-corrected chi connectivity index (χ4v) is 1.82. The van der Waals surface area contributed by atoms with Crippen molar-refractivity contribution in [2.24, 2.45) is 0 Å². The molecule has 0 aliphatic rings. The molecule has 0 aromatic carbocycles. The lowest BCUT2D eigenvalue weighted by atomic mass is 10.1. The summed E-state index contributed by atoms with van der Waals surface area (Å²) < 4.78 is 5.90. The van der Waals surface area contributed by atoms with Gasteiger partial charge in [0.2, 0.25) is 0 Å². The van der Waals surface area contributed by atoms with E-state index in [1.165, 1.54) is 0 Å². The Bertz CT molecular complexity index is 140. The van der Waals surface area contributed by atoms with E-state index in [-0.39, 0.29) is 5.54 Å². The summed E-state index contributed by atoms with van der Waals surface area (Å²) in [5, 5.41) is 3.40. The van der Waals surface area contributed by atoms with E-state index in [9.17, 15) is 0 Å². The lowest BCUT2D eigenvalue weighted by Crippen LogP contribution is -2.38. The van der Waals surface area contributed by atoms with Crippen LogP contribution < -0.4 is 5.32 Å². The van der Waals surface area contributed by atoms with Crippen molar-refractivity contribution < 1.29 is 4.74 Å². The molecule has 0 radical (unpaired) electrons. The Morgan fingerprint density at radius 1 is 1.00 bits per heavy atom. The van der Waals surface area contributed by atoms with E-state index < -0.39 is 0 Å². The minimum atomic E-state index is 0.198. The van der Waals surface area contributed by atoms with Crippen LogP contribution in [0.5, 0.6) is 0 Å². The van der Waals surface area contributed by atoms with Crippen molar-refractivity contribution in [3.05, 3.63) is 0 Å². The summed E-state index contributed by atoms with van der Waals surface area (Å²) in [4.78, 5) is 0. The van der Waals surface area contributed by atoms with Gasteiger partial charge in [-0.15, -0.1) is 0 Å². The molecule has 2 nitrogen and oxygen atoms in total. The van der Waals surface area contributed by atoms with Crippen LogP contribution in [-0.2, 0) is 4.74 Å². The smallest absolute Gasteiger partial charge is 0.0591 e. The van der Waals surface area contributed by atoms with E-state index in [0.29, 0.717) is 4.75 Å². The first kappa shape index (κ1) is 15.3.